The lowest BCUT2D eigenvalue weighted by Gasteiger charge is -2.24. The zero-order valence-electron chi connectivity index (χ0n) is 16.2. The van der Waals surface area contributed by atoms with Gasteiger partial charge in [0.15, 0.2) is 11.5 Å². The van der Waals surface area contributed by atoms with Crippen LogP contribution in [0.4, 0.5) is 0 Å². The summed E-state index contributed by atoms with van der Waals surface area (Å²) in [5, 5.41) is 3.95. The van der Waals surface area contributed by atoms with Crippen molar-refractivity contribution < 1.29 is 23.8 Å². The van der Waals surface area contributed by atoms with E-state index in [1.807, 2.05) is 12.1 Å². The molecule has 0 aromatic heterocycles. The van der Waals surface area contributed by atoms with Gasteiger partial charge < -0.3 is 14.2 Å². The lowest BCUT2D eigenvalue weighted by Crippen LogP contribution is -2.42. The number of hydrogen-bond acceptors (Lipinski definition) is 6. The van der Waals surface area contributed by atoms with Gasteiger partial charge in [-0.05, 0) is 70.0 Å². The quantitative estimate of drug-likeness (QED) is 0.258. The molecule has 1 aliphatic rings. The number of para-hydroxylation sites is 2. The summed E-state index contributed by atoms with van der Waals surface area (Å²) in [7, 11) is 0. The highest BCUT2D eigenvalue weighted by Crippen LogP contribution is 2.30. The number of rotatable bonds is 5. The Kier molecular flexibility index (Phi) is 6.28. The summed E-state index contributed by atoms with van der Waals surface area (Å²) in [4.78, 5) is 24.5. The maximum absolute atomic E-state index is 12.2. The number of hydrogen-bond donors (Lipinski definition) is 1. The van der Waals surface area contributed by atoms with Gasteiger partial charge in [-0.25, -0.2) is 10.2 Å². The van der Waals surface area contributed by atoms with Crippen molar-refractivity contribution in [3.8, 4) is 17.2 Å². The van der Waals surface area contributed by atoms with Crippen LogP contribution in [-0.4, -0.2) is 30.8 Å². The van der Waals surface area contributed by atoms with Crippen LogP contribution in [-0.2, 0) is 4.79 Å². The zero-order chi connectivity index (χ0) is 21.6. The highest BCUT2D eigenvalue weighted by Gasteiger charge is 2.26. The second-order valence-electron chi connectivity index (χ2n) is 6.54. The molecule has 1 N–H and O–H groups in total. The van der Waals surface area contributed by atoms with Crippen LogP contribution in [0.25, 0.3) is 0 Å². The largest absolute Gasteiger partial charge is 0.485 e. The van der Waals surface area contributed by atoms with E-state index in [2.05, 4.69) is 26.5 Å². The van der Waals surface area contributed by atoms with Crippen molar-refractivity contribution in [2.24, 2.45) is 5.10 Å². The van der Waals surface area contributed by atoms with Crippen molar-refractivity contribution in [2.45, 2.75) is 6.10 Å². The number of halogens is 1. The molecule has 7 nitrogen and oxygen atoms in total. The second kappa shape index (κ2) is 9.44. The zero-order valence-corrected chi connectivity index (χ0v) is 17.7. The number of fused-ring (bicyclic) bond motifs is 1. The molecule has 0 unspecified atom stereocenters. The first-order valence-corrected chi connectivity index (χ1v) is 10.2. The fraction of sp³-hybridized carbons (Fsp3) is 0.0870. The van der Waals surface area contributed by atoms with Crippen LogP contribution >= 0.6 is 15.9 Å². The van der Waals surface area contributed by atoms with Gasteiger partial charge in [-0.1, -0.05) is 24.3 Å². The van der Waals surface area contributed by atoms with E-state index in [0.717, 1.165) is 0 Å². The Morgan fingerprint density at radius 1 is 1.00 bits per heavy atom. The van der Waals surface area contributed by atoms with Gasteiger partial charge in [0.2, 0.25) is 6.10 Å². The normalized spacial score (nSPS) is 14.8. The number of amides is 1. The highest BCUT2D eigenvalue weighted by atomic mass is 79.9. The van der Waals surface area contributed by atoms with Crippen molar-refractivity contribution in [3.63, 3.8) is 0 Å². The van der Waals surface area contributed by atoms with Gasteiger partial charge in [-0.3, -0.25) is 4.79 Å². The van der Waals surface area contributed by atoms with Crippen LogP contribution in [0.3, 0.4) is 0 Å². The predicted octanol–water partition coefficient (Wildman–Crippen LogP) is 3.96. The minimum Gasteiger partial charge on any atom is -0.485 e. The van der Waals surface area contributed by atoms with Gasteiger partial charge in [0.1, 0.15) is 12.4 Å². The molecular weight excluding hydrogens is 464 g/mol. The molecule has 156 valence electrons. The molecule has 0 saturated heterocycles. The molecule has 1 amide bonds. The van der Waals surface area contributed by atoms with E-state index >= 15 is 0 Å². The summed E-state index contributed by atoms with van der Waals surface area (Å²) in [5.74, 6) is 0.650. The summed E-state index contributed by atoms with van der Waals surface area (Å²) in [6, 6.07) is 20.9. The maximum atomic E-state index is 12.2. The Bertz CT molecular complexity index is 1130. The van der Waals surface area contributed by atoms with E-state index in [9.17, 15) is 9.59 Å². The second-order valence-corrected chi connectivity index (χ2v) is 7.39. The molecular formula is C23H17BrN2O5. The number of esters is 1. The molecule has 31 heavy (non-hydrogen) atoms. The molecule has 0 saturated carbocycles. The Morgan fingerprint density at radius 2 is 1.71 bits per heavy atom. The highest BCUT2D eigenvalue weighted by molar-refractivity contribution is 9.10. The average Bonchev–Trinajstić information content (AvgIpc) is 2.80. The maximum Gasteiger partial charge on any atom is 0.344 e. The Hall–Kier alpha value is -3.65. The molecule has 0 bridgehead atoms. The van der Waals surface area contributed by atoms with Crippen LogP contribution in [0.15, 0.2) is 82.4 Å². The monoisotopic (exact) mass is 480 g/mol. The number of carbonyl (C=O) groups excluding carboxylic acids is 2. The lowest BCUT2D eigenvalue weighted by atomic mass is 10.2. The van der Waals surface area contributed by atoms with Crippen molar-refractivity contribution in [1.29, 1.82) is 0 Å². The van der Waals surface area contributed by atoms with Crippen LogP contribution in [0.5, 0.6) is 17.2 Å². The van der Waals surface area contributed by atoms with Gasteiger partial charge >= 0.3 is 5.97 Å². The summed E-state index contributed by atoms with van der Waals surface area (Å²) in [6.45, 7) is 0.107. The van der Waals surface area contributed by atoms with Gasteiger partial charge in [0.25, 0.3) is 5.91 Å². The fourth-order valence-corrected chi connectivity index (χ4v) is 3.25. The minimum atomic E-state index is -0.786. The Morgan fingerprint density at radius 3 is 2.48 bits per heavy atom. The molecule has 4 rings (SSSR count). The van der Waals surface area contributed by atoms with Gasteiger partial charge in [-0.2, -0.15) is 5.10 Å². The molecule has 0 fully saturated rings. The average molecular weight is 481 g/mol. The van der Waals surface area contributed by atoms with Crippen molar-refractivity contribution in [1.82, 2.24) is 5.43 Å². The van der Waals surface area contributed by atoms with Gasteiger partial charge in [0.05, 0.1) is 11.8 Å². The predicted molar refractivity (Wildman–Crippen MR) is 118 cm³/mol. The van der Waals surface area contributed by atoms with Gasteiger partial charge in [-0.15, -0.1) is 0 Å². The summed E-state index contributed by atoms with van der Waals surface area (Å²) in [6.07, 6.45) is 0.695. The van der Waals surface area contributed by atoms with Crippen LogP contribution in [0.2, 0.25) is 0 Å². The molecule has 3 aromatic rings. The van der Waals surface area contributed by atoms with Crippen molar-refractivity contribution >= 4 is 34.0 Å². The first-order chi connectivity index (χ1) is 15.1. The molecule has 0 radical (unpaired) electrons. The first kappa shape index (κ1) is 20.6. The molecule has 8 heteroatoms. The van der Waals surface area contributed by atoms with E-state index in [0.29, 0.717) is 32.8 Å². The fourth-order valence-electron chi connectivity index (χ4n) is 2.80. The third kappa shape index (κ3) is 5.10. The van der Waals surface area contributed by atoms with Crippen LogP contribution < -0.4 is 19.6 Å². The molecule has 1 heterocycles. The van der Waals surface area contributed by atoms with E-state index in [1.165, 1.54) is 6.21 Å². The Balaban J connectivity index is 1.30. The molecule has 1 aliphatic heterocycles. The van der Waals surface area contributed by atoms with E-state index in [-0.39, 0.29) is 6.61 Å². The first-order valence-electron chi connectivity index (χ1n) is 9.38. The van der Waals surface area contributed by atoms with Crippen molar-refractivity contribution in [3.05, 3.63) is 88.4 Å². The minimum absolute atomic E-state index is 0.107. The number of nitrogens with one attached hydrogen (secondary N) is 1. The van der Waals surface area contributed by atoms with Crippen LogP contribution in [0.1, 0.15) is 15.9 Å². The smallest absolute Gasteiger partial charge is 0.344 e. The van der Waals surface area contributed by atoms with E-state index < -0.39 is 18.0 Å². The summed E-state index contributed by atoms with van der Waals surface area (Å²) >= 11 is 3.33. The number of nitrogens with zero attached hydrogens (tertiary/aromatic N) is 1. The number of ether oxygens (including phenoxy) is 3. The molecule has 1 atom stereocenters. The number of carbonyl (C=O) groups is 2. The molecule has 0 spiro atoms. The number of hydrazone groups is 1. The van der Waals surface area contributed by atoms with Crippen LogP contribution in [0, 0.1) is 0 Å². The molecule has 3 aromatic carbocycles. The lowest BCUT2D eigenvalue weighted by molar-refractivity contribution is -0.130. The standard InChI is InChI=1S/C23H17BrN2O5/c24-18-6-2-1-5-17(18)23(28)30-16-11-9-15(10-12-16)13-25-26-22(27)21-14-29-19-7-3-4-8-20(19)31-21/h1-13,21H,14H2,(H,26,27)/b25-13-/t21-/m1/s1. The third-order valence-corrected chi connectivity index (χ3v) is 5.07. The topological polar surface area (TPSA) is 86.2 Å². The number of benzene rings is 3. The van der Waals surface area contributed by atoms with Gasteiger partial charge in [0, 0.05) is 4.47 Å². The third-order valence-electron chi connectivity index (χ3n) is 4.37. The van der Waals surface area contributed by atoms with E-state index in [1.54, 1.807) is 60.7 Å². The SMILES string of the molecule is O=C(Oc1ccc(/C=N\NC(=O)[C@H]2COc3ccccc3O2)cc1)c1ccccc1Br. The summed E-state index contributed by atoms with van der Waals surface area (Å²) in [5.41, 5.74) is 3.59. The van der Waals surface area contributed by atoms with Crippen molar-refractivity contribution in [2.75, 3.05) is 6.61 Å². The summed E-state index contributed by atoms with van der Waals surface area (Å²) < 4.78 is 17.2. The molecule has 0 aliphatic carbocycles. The van der Waals surface area contributed by atoms with E-state index in [4.69, 9.17) is 14.2 Å². The Labute approximate surface area is 186 Å².